The van der Waals surface area contributed by atoms with E-state index in [4.69, 9.17) is 9.47 Å². The van der Waals surface area contributed by atoms with Crippen LogP contribution in [0.4, 0.5) is 11.4 Å². The maximum Gasteiger partial charge on any atom is 0.262 e. The van der Waals surface area contributed by atoms with E-state index < -0.39 is 20.0 Å². The molecule has 0 bridgehead atoms. The summed E-state index contributed by atoms with van der Waals surface area (Å²) >= 11 is 0. The molecule has 2 N–H and O–H groups in total. The van der Waals surface area contributed by atoms with Crippen LogP contribution in [-0.2, 0) is 20.0 Å². The van der Waals surface area contributed by atoms with Gasteiger partial charge < -0.3 is 9.47 Å². The second kappa shape index (κ2) is 8.36. The van der Waals surface area contributed by atoms with E-state index in [9.17, 15) is 16.8 Å². The summed E-state index contributed by atoms with van der Waals surface area (Å²) < 4.78 is 67.0. The third-order valence-electron chi connectivity index (χ3n) is 4.98. The molecule has 0 amide bonds. The molecule has 0 radical (unpaired) electrons. The molecule has 4 rings (SSSR count). The first-order valence-electron chi connectivity index (χ1n) is 9.77. The van der Waals surface area contributed by atoms with Crippen molar-refractivity contribution in [3.05, 3.63) is 71.8 Å². The predicted molar refractivity (Wildman–Crippen MR) is 121 cm³/mol. The molecule has 1 heterocycles. The lowest BCUT2D eigenvalue weighted by Gasteiger charge is -2.19. The molecular formula is C22H22N2O6S2. The van der Waals surface area contributed by atoms with Crippen LogP contribution in [0.2, 0.25) is 0 Å². The minimum absolute atomic E-state index is 0.00265. The van der Waals surface area contributed by atoms with Crippen LogP contribution in [0.15, 0.2) is 70.5 Å². The van der Waals surface area contributed by atoms with E-state index in [1.165, 1.54) is 36.4 Å². The number of sulfonamides is 2. The quantitative estimate of drug-likeness (QED) is 0.564. The van der Waals surface area contributed by atoms with Crippen LogP contribution in [-0.4, -0.2) is 30.0 Å². The van der Waals surface area contributed by atoms with Crippen LogP contribution in [0.5, 0.6) is 11.5 Å². The average Bonchev–Trinajstić information content (AvgIpc) is 2.75. The highest BCUT2D eigenvalue weighted by Gasteiger charge is 2.20. The number of aryl methyl sites for hydroxylation is 2. The highest BCUT2D eigenvalue weighted by Crippen LogP contribution is 2.33. The number of ether oxygens (including phenoxy) is 2. The van der Waals surface area contributed by atoms with Gasteiger partial charge in [-0.25, -0.2) is 16.8 Å². The molecule has 0 spiro atoms. The van der Waals surface area contributed by atoms with E-state index in [0.29, 0.717) is 24.7 Å². The number of benzene rings is 3. The fourth-order valence-corrected chi connectivity index (χ4v) is 5.34. The molecule has 10 heteroatoms. The zero-order chi connectivity index (χ0) is 22.9. The molecular weight excluding hydrogens is 452 g/mol. The summed E-state index contributed by atoms with van der Waals surface area (Å²) in [6, 6.07) is 15.2. The fraction of sp³-hybridized carbons (Fsp3) is 0.182. The van der Waals surface area contributed by atoms with Gasteiger partial charge in [-0.3, -0.25) is 9.44 Å². The van der Waals surface area contributed by atoms with Crippen molar-refractivity contribution >= 4 is 31.4 Å². The van der Waals surface area contributed by atoms with Gasteiger partial charge in [0.15, 0.2) is 11.5 Å². The van der Waals surface area contributed by atoms with Gasteiger partial charge in [-0.2, -0.15) is 0 Å². The molecule has 1 aliphatic heterocycles. The Balaban J connectivity index is 1.56. The Kier molecular flexibility index (Phi) is 5.74. The van der Waals surface area contributed by atoms with Crippen molar-refractivity contribution in [3.8, 4) is 11.5 Å². The van der Waals surface area contributed by atoms with Crippen molar-refractivity contribution in [2.45, 2.75) is 23.6 Å². The monoisotopic (exact) mass is 474 g/mol. The highest BCUT2D eigenvalue weighted by atomic mass is 32.2. The normalized spacial score (nSPS) is 13.4. The van der Waals surface area contributed by atoms with E-state index >= 15 is 0 Å². The molecule has 0 aromatic heterocycles. The van der Waals surface area contributed by atoms with Gasteiger partial charge >= 0.3 is 0 Å². The van der Waals surface area contributed by atoms with Gasteiger partial charge in [0.25, 0.3) is 20.0 Å². The number of hydrogen-bond acceptors (Lipinski definition) is 6. The lowest BCUT2D eigenvalue weighted by atomic mass is 10.1. The van der Waals surface area contributed by atoms with Crippen LogP contribution in [0.3, 0.4) is 0 Å². The Bertz CT molecular complexity index is 1390. The van der Waals surface area contributed by atoms with Crippen molar-refractivity contribution in [2.24, 2.45) is 0 Å². The minimum Gasteiger partial charge on any atom is -0.486 e. The van der Waals surface area contributed by atoms with Crippen molar-refractivity contribution in [2.75, 3.05) is 22.7 Å². The average molecular weight is 475 g/mol. The first-order chi connectivity index (χ1) is 15.1. The summed E-state index contributed by atoms with van der Waals surface area (Å²) in [6.45, 7) is 4.48. The molecule has 32 heavy (non-hydrogen) atoms. The molecule has 0 unspecified atom stereocenters. The molecule has 168 valence electrons. The zero-order valence-corrected chi connectivity index (χ0v) is 19.1. The van der Waals surface area contributed by atoms with Crippen molar-refractivity contribution in [1.82, 2.24) is 0 Å². The molecule has 0 atom stereocenters. The lowest BCUT2D eigenvalue weighted by molar-refractivity contribution is 0.171. The van der Waals surface area contributed by atoms with E-state index in [0.717, 1.165) is 11.1 Å². The third-order valence-corrected chi connectivity index (χ3v) is 7.74. The van der Waals surface area contributed by atoms with E-state index in [1.807, 2.05) is 13.8 Å². The Morgan fingerprint density at radius 3 is 1.84 bits per heavy atom. The summed E-state index contributed by atoms with van der Waals surface area (Å²) in [5.41, 5.74) is 2.28. The van der Waals surface area contributed by atoms with Crippen LogP contribution < -0.4 is 18.9 Å². The SMILES string of the molecule is Cc1ccc(S(=O)(=O)Nc2cccc(NS(=O)(=O)c3ccc4c(c3)OCCO4)c2)cc1C. The number of nitrogens with one attached hydrogen (secondary N) is 2. The first-order valence-corrected chi connectivity index (χ1v) is 12.7. The van der Waals surface area contributed by atoms with Crippen LogP contribution in [0, 0.1) is 13.8 Å². The summed E-state index contributed by atoms with van der Waals surface area (Å²) in [7, 11) is -7.77. The highest BCUT2D eigenvalue weighted by molar-refractivity contribution is 7.93. The molecule has 0 fully saturated rings. The van der Waals surface area contributed by atoms with Gasteiger partial charge in [0.05, 0.1) is 21.2 Å². The largest absolute Gasteiger partial charge is 0.486 e. The Hall–Kier alpha value is -3.24. The van der Waals surface area contributed by atoms with Gasteiger partial charge in [-0.05, 0) is 67.4 Å². The lowest BCUT2D eigenvalue weighted by Crippen LogP contribution is -2.17. The van der Waals surface area contributed by atoms with Crippen molar-refractivity contribution in [1.29, 1.82) is 0 Å². The molecule has 3 aromatic carbocycles. The molecule has 8 nitrogen and oxygen atoms in total. The zero-order valence-electron chi connectivity index (χ0n) is 17.5. The van der Waals surface area contributed by atoms with Gasteiger partial charge in [-0.1, -0.05) is 12.1 Å². The Morgan fingerprint density at radius 1 is 0.656 bits per heavy atom. The number of anilines is 2. The van der Waals surface area contributed by atoms with Crippen LogP contribution in [0.25, 0.3) is 0 Å². The summed E-state index contributed by atoms with van der Waals surface area (Å²) in [5.74, 6) is 0.840. The van der Waals surface area contributed by atoms with E-state index in [1.54, 1.807) is 24.3 Å². The summed E-state index contributed by atoms with van der Waals surface area (Å²) in [6.07, 6.45) is 0. The van der Waals surface area contributed by atoms with Gasteiger partial charge in [0.2, 0.25) is 0 Å². The molecule has 1 aliphatic rings. The van der Waals surface area contributed by atoms with Crippen molar-refractivity contribution in [3.63, 3.8) is 0 Å². The molecule has 0 aliphatic carbocycles. The second-order valence-corrected chi connectivity index (χ2v) is 10.7. The molecule has 3 aromatic rings. The second-order valence-electron chi connectivity index (χ2n) is 7.34. The molecule has 0 saturated carbocycles. The predicted octanol–water partition coefficient (Wildman–Crippen LogP) is 3.68. The maximum absolute atomic E-state index is 12.8. The standard InChI is InChI=1S/C22H22N2O6S2/c1-15-6-7-19(12-16(15)2)31(25,26)23-17-4-3-5-18(13-17)24-32(27,28)20-8-9-21-22(14-20)30-11-10-29-21/h3-9,12-14,23-24H,10-11H2,1-2H3. The van der Waals surface area contributed by atoms with Gasteiger partial charge in [0.1, 0.15) is 13.2 Å². The number of rotatable bonds is 6. The van der Waals surface area contributed by atoms with Crippen LogP contribution in [0.1, 0.15) is 11.1 Å². The number of fused-ring (bicyclic) bond motifs is 1. The fourth-order valence-electron chi connectivity index (χ4n) is 3.15. The smallest absolute Gasteiger partial charge is 0.262 e. The maximum atomic E-state index is 12.8. The summed E-state index contributed by atoms with van der Waals surface area (Å²) in [4.78, 5) is 0.130. The third kappa shape index (κ3) is 4.66. The Morgan fingerprint density at radius 2 is 1.22 bits per heavy atom. The van der Waals surface area contributed by atoms with E-state index in [2.05, 4.69) is 9.44 Å². The molecule has 0 saturated heterocycles. The van der Waals surface area contributed by atoms with E-state index in [-0.39, 0.29) is 21.2 Å². The van der Waals surface area contributed by atoms with Crippen molar-refractivity contribution < 1.29 is 26.3 Å². The number of hydrogen-bond donors (Lipinski definition) is 2. The topological polar surface area (TPSA) is 111 Å². The van der Waals surface area contributed by atoms with Gasteiger partial charge in [-0.15, -0.1) is 0 Å². The van der Waals surface area contributed by atoms with Crippen LogP contribution >= 0.6 is 0 Å². The van der Waals surface area contributed by atoms with Gasteiger partial charge in [0, 0.05) is 6.07 Å². The first kappa shape index (κ1) is 22.0. The summed E-state index contributed by atoms with van der Waals surface area (Å²) in [5, 5.41) is 0. The Labute approximate surface area is 187 Å². The minimum atomic E-state index is -3.93.